The van der Waals surface area contributed by atoms with E-state index in [0.717, 1.165) is 19.3 Å². The number of thioether (sulfide) groups is 1. The summed E-state index contributed by atoms with van der Waals surface area (Å²) in [5.74, 6) is -0.439. The molecular weight excluding hydrogens is 289 g/mol. The third-order valence-electron chi connectivity index (χ3n) is 2.75. The minimum atomic E-state index is -4.22. The zero-order chi connectivity index (χ0) is 12.9. The Morgan fingerprint density at radius 3 is 2.61 bits per heavy atom. The van der Waals surface area contributed by atoms with Gasteiger partial charge in [-0.1, -0.05) is 6.42 Å². The van der Waals surface area contributed by atoms with Gasteiger partial charge in [-0.05, 0) is 31.0 Å². The summed E-state index contributed by atoms with van der Waals surface area (Å²) < 4.78 is 35.5. The van der Waals surface area contributed by atoms with Crippen molar-refractivity contribution in [3.8, 4) is 0 Å². The van der Waals surface area contributed by atoms with Crippen LogP contribution in [-0.2, 0) is 4.79 Å². The van der Waals surface area contributed by atoms with Crippen LogP contribution >= 0.6 is 24.2 Å². The van der Waals surface area contributed by atoms with Gasteiger partial charge in [0.15, 0.2) is 0 Å². The third kappa shape index (κ3) is 7.33. The summed E-state index contributed by atoms with van der Waals surface area (Å²) >= 11 is -0.117. The molecule has 0 saturated heterocycles. The van der Waals surface area contributed by atoms with Gasteiger partial charge in [-0.25, -0.2) is 0 Å². The van der Waals surface area contributed by atoms with E-state index in [-0.39, 0.29) is 54.3 Å². The molecule has 1 aliphatic rings. The maximum absolute atomic E-state index is 11.8. The highest BCUT2D eigenvalue weighted by atomic mass is 35.5. The van der Waals surface area contributed by atoms with Crippen molar-refractivity contribution in [2.45, 2.75) is 37.2 Å². The van der Waals surface area contributed by atoms with Crippen molar-refractivity contribution >= 4 is 30.1 Å². The normalized spacial score (nSPS) is 24.2. The first-order valence-electron chi connectivity index (χ1n) is 5.62. The van der Waals surface area contributed by atoms with E-state index in [1.54, 1.807) is 0 Å². The number of amides is 1. The average molecular weight is 307 g/mol. The van der Waals surface area contributed by atoms with Crippen molar-refractivity contribution in [3.05, 3.63) is 0 Å². The molecule has 3 N–H and O–H groups in total. The molecule has 1 amide bonds. The van der Waals surface area contributed by atoms with E-state index in [4.69, 9.17) is 5.73 Å². The summed E-state index contributed by atoms with van der Waals surface area (Å²) in [7, 11) is 0. The smallest absolute Gasteiger partial charge is 0.355 e. The molecule has 1 aliphatic carbocycles. The summed E-state index contributed by atoms with van der Waals surface area (Å²) in [6.45, 7) is 0.0503. The number of carbonyl (C=O) groups excluding carboxylic acids is 1. The molecule has 1 rings (SSSR count). The Bertz CT molecular complexity index is 266. The van der Waals surface area contributed by atoms with E-state index in [2.05, 4.69) is 5.32 Å². The first-order valence-corrected chi connectivity index (χ1v) is 6.61. The van der Waals surface area contributed by atoms with E-state index >= 15 is 0 Å². The average Bonchev–Trinajstić information content (AvgIpc) is 2.23. The van der Waals surface area contributed by atoms with Crippen molar-refractivity contribution in [1.82, 2.24) is 5.32 Å². The van der Waals surface area contributed by atoms with Crippen LogP contribution < -0.4 is 11.1 Å². The summed E-state index contributed by atoms with van der Waals surface area (Å²) in [5, 5.41) is 2.53. The van der Waals surface area contributed by atoms with E-state index in [0.29, 0.717) is 6.42 Å². The fraction of sp³-hybridized carbons (Fsp3) is 0.900. The molecule has 108 valence electrons. The van der Waals surface area contributed by atoms with Gasteiger partial charge in [0.1, 0.15) is 0 Å². The molecule has 18 heavy (non-hydrogen) atoms. The van der Waals surface area contributed by atoms with Crippen LogP contribution in [0.15, 0.2) is 0 Å². The van der Waals surface area contributed by atoms with Gasteiger partial charge in [-0.2, -0.15) is 13.2 Å². The monoisotopic (exact) mass is 306 g/mol. The van der Waals surface area contributed by atoms with E-state index in [1.165, 1.54) is 0 Å². The van der Waals surface area contributed by atoms with Crippen molar-refractivity contribution in [2.24, 2.45) is 11.7 Å². The lowest BCUT2D eigenvalue weighted by molar-refractivity contribution is -0.126. The highest BCUT2D eigenvalue weighted by Crippen LogP contribution is 2.29. The van der Waals surface area contributed by atoms with Crippen LogP contribution in [0.5, 0.6) is 0 Å². The molecule has 3 nitrogen and oxygen atoms in total. The van der Waals surface area contributed by atoms with Crippen LogP contribution in [0.1, 0.15) is 25.7 Å². The number of halogens is 4. The molecule has 0 radical (unpaired) electrons. The standard InChI is InChI=1S/C10H17F3N2OS.ClH/c11-10(12,13)17-5-4-15-9(16)7-2-1-3-8(14)6-7;/h7-8H,1-6,14H2,(H,15,16);1H. The van der Waals surface area contributed by atoms with Crippen LogP contribution in [0.2, 0.25) is 0 Å². The molecule has 8 heteroatoms. The highest BCUT2D eigenvalue weighted by molar-refractivity contribution is 8.00. The van der Waals surface area contributed by atoms with Crippen LogP contribution in [0, 0.1) is 5.92 Å². The molecule has 0 aromatic rings. The number of carbonyl (C=O) groups is 1. The Labute approximate surface area is 115 Å². The third-order valence-corrected chi connectivity index (χ3v) is 3.49. The van der Waals surface area contributed by atoms with E-state index in [9.17, 15) is 18.0 Å². The Morgan fingerprint density at radius 2 is 2.06 bits per heavy atom. The maximum atomic E-state index is 11.8. The van der Waals surface area contributed by atoms with Crippen molar-refractivity contribution in [2.75, 3.05) is 12.3 Å². The fourth-order valence-electron chi connectivity index (χ4n) is 1.95. The second-order valence-corrected chi connectivity index (χ2v) is 5.37. The number of hydrogen-bond donors (Lipinski definition) is 2. The number of nitrogens with two attached hydrogens (primary N) is 1. The van der Waals surface area contributed by atoms with Crippen LogP contribution in [-0.4, -0.2) is 29.8 Å². The molecular formula is C10H18ClF3N2OS. The fourth-order valence-corrected chi connectivity index (χ4v) is 2.39. The maximum Gasteiger partial charge on any atom is 0.441 e. The molecule has 0 spiro atoms. The summed E-state index contributed by atoms with van der Waals surface area (Å²) in [5.41, 5.74) is 1.52. The predicted molar refractivity (Wildman–Crippen MR) is 68.7 cm³/mol. The Kier molecular flexibility index (Phi) is 8.05. The summed E-state index contributed by atoms with van der Waals surface area (Å²) in [6, 6.07) is 0.0454. The molecule has 0 bridgehead atoms. The lowest BCUT2D eigenvalue weighted by Gasteiger charge is -2.25. The van der Waals surface area contributed by atoms with Crippen LogP contribution in [0.25, 0.3) is 0 Å². The van der Waals surface area contributed by atoms with E-state index in [1.807, 2.05) is 0 Å². The lowest BCUT2D eigenvalue weighted by atomic mass is 9.85. The van der Waals surface area contributed by atoms with Gasteiger partial charge in [0, 0.05) is 24.3 Å². The number of alkyl halides is 3. The zero-order valence-corrected chi connectivity index (χ0v) is 11.5. The zero-order valence-electron chi connectivity index (χ0n) is 9.83. The van der Waals surface area contributed by atoms with Gasteiger partial charge in [-0.3, -0.25) is 4.79 Å². The minimum Gasteiger partial charge on any atom is -0.355 e. The second kappa shape index (κ2) is 8.12. The van der Waals surface area contributed by atoms with Crippen molar-refractivity contribution in [1.29, 1.82) is 0 Å². The van der Waals surface area contributed by atoms with Crippen LogP contribution in [0.4, 0.5) is 13.2 Å². The largest absolute Gasteiger partial charge is 0.441 e. The quantitative estimate of drug-likeness (QED) is 0.784. The van der Waals surface area contributed by atoms with Gasteiger partial charge >= 0.3 is 5.51 Å². The first-order chi connectivity index (χ1) is 7.88. The molecule has 1 fully saturated rings. The highest BCUT2D eigenvalue weighted by Gasteiger charge is 2.28. The summed E-state index contributed by atoms with van der Waals surface area (Å²) in [4.78, 5) is 11.6. The number of hydrogen-bond acceptors (Lipinski definition) is 3. The molecule has 0 aliphatic heterocycles. The van der Waals surface area contributed by atoms with Gasteiger partial charge in [0.05, 0.1) is 0 Å². The molecule has 0 aromatic heterocycles. The van der Waals surface area contributed by atoms with Gasteiger partial charge < -0.3 is 11.1 Å². The molecule has 2 atom stereocenters. The molecule has 1 saturated carbocycles. The van der Waals surface area contributed by atoms with E-state index < -0.39 is 5.51 Å². The minimum absolute atomic E-state index is 0. The molecule has 0 aromatic carbocycles. The lowest BCUT2D eigenvalue weighted by Crippen LogP contribution is -2.38. The number of nitrogens with one attached hydrogen (secondary N) is 1. The summed E-state index contributed by atoms with van der Waals surface area (Å²) in [6.07, 6.45) is 3.26. The first kappa shape index (κ1) is 17.9. The van der Waals surface area contributed by atoms with Gasteiger partial charge in [-0.15, -0.1) is 12.4 Å². The van der Waals surface area contributed by atoms with Gasteiger partial charge in [0.25, 0.3) is 0 Å². The molecule has 0 heterocycles. The topological polar surface area (TPSA) is 55.1 Å². The second-order valence-electron chi connectivity index (χ2n) is 4.21. The van der Waals surface area contributed by atoms with Crippen molar-refractivity contribution in [3.63, 3.8) is 0 Å². The predicted octanol–water partition coefficient (Wildman–Crippen LogP) is 2.29. The SMILES string of the molecule is Cl.NC1CCCC(C(=O)NCCSC(F)(F)F)C1. The Hall–Kier alpha value is -0.140. The Balaban J connectivity index is 0.00000289. The van der Waals surface area contributed by atoms with Gasteiger partial charge in [0.2, 0.25) is 5.91 Å². The van der Waals surface area contributed by atoms with Crippen LogP contribution in [0.3, 0.4) is 0 Å². The van der Waals surface area contributed by atoms with Crippen molar-refractivity contribution < 1.29 is 18.0 Å². The number of rotatable bonds is 4. The molecule has 2 unspecified atom stereocenters. The Morgan fingerprint density at radius 1 is 1.39 bits per heavy atom.